The Labute approximate surface area is 119 Å². The van der Waals surface area contributed by atoms with Gasteiger partial charge in [-0.05, 0) is 12.8 Å². The van der Waals surface area contributed by atoms with Crippen molar-refractivity contribution in [1.82, 2.24) is 14.5 Å². The minimum Gasteiger partial charge on any atom is -0.326 e. The van der Waals surface area contributed by atoms with Crippen LogP contribution in [0.3, 0.4) is 0 Å². The molecule has 1 unspecified atom stereocenters. The van der Waals surface area contributed by atoms with Crippen molar-refractivity contribution in [3.63, 3.8) is 0 Å². The van der Waals surface area contributed by atoms with Gasteiger partial charge in [0.25, 0.3) is 0 Å². The fraction of sp³-hybridized carbons (Fsp3) is 0.727. The number of nitrogens with one attached hydrogen (secondary N) is 1. The Hall–Kier alpha value is -1.13. The summed E-state index contributed by atoms with van der Waals surface area (Å²) in [7, 11) is -4.25. The van der Waals surface area contributed by atoms with Gasteiger partial charge in [0, 0.05) is 24.5 Å². The number of alkyl halides is 3. The molecule has 1 aromatic rings. The molecule has 1 saturated heterocycles. The first-order chi connectivity index (χ1) is 9.67. The Balaban J connectivity index is 1.94. The molecule has 0 aromatic carbocycles. The number of H-pyrrole nitrogens is 1. The third-order valence-corrected chi connectivity index (χ3v) is 6.36. The fourth-order valence-electron chi connectivity index (χ4n) is 3.10. The zero-order valence-corrected chi connectivity index (χ0v) is 11.8. The molecule has 0 radical (unpaired) electrons. The molecule has 1 spiro atoms. The van der Waals surface area contributed by atoms with Crippen molar-refractivity contribution in [3.05, 3.63) is 11.9 Å². The summed E-state index contributed by atoms with van der Waals surface area (Å²) in [4.78, 5) is -0.835. The van der Waals surface area contributed by atoms with Crippen LogP contribution in [0.1, 0.15) is 25.0 Å². The largest absolute Gasteiger partial charge is 0.434 e. The maximum Gasteiger partial charge on any atom is 0.434 e. The van der Waals surface area contributed by atoms with Gasteiger partial charge in [-0.2, -0.15) is 22.6 Å². The second kappa shape index (κ2) is 4.43. The lowest BCUT2D eigenvalue weighted by atomic mass is 9.66. The minimum atomic E-state index is -4.80. The van der Waals surface area contributed by atoms with Crippen molar-refractivity contribution in [1.29, 1.82) is 0 Å². The maximum absolute atomic E-state index is 12.8. The molecule has 0 amide bonds. The standard InChI is InChI=1S/C11H15F3N4O2S/c12-11(13,14)9-7(4-16-17-9)21(19,20)18-5-8(15)10(6-18)2-1-3-10/h4,8H,1-3,5-6,15H2,(H,16,17). The summed E-state index contributed by atoms with van der Waals surface area (Å²) < 4.78 is 64.4. The molecule has 2 fully saturated rings. The summed E-state index contributed by atoms with van der Waals surface area (Å²) >= 11 is 0. The molecule has 118 valence electrons. The quantitative estimate of drug-likeness (QED) is 0.846. The van der Waals surface area contributed by atoms with Crippen molar-refractivity contribution in [2.75, 3.05) is 13.1 Å². The van der Waals surface area contributed by atoms with E-state index < -0.39 is 26.8 Å². The molecule has 3 rings (SSSR count). The molecule has 0 bridgehead atoms. The molecule has 1 aliphatic heterocycles. The number of nitrogens with two attached hydrogens (primary N) is 1. The van der Waals surface area contributed by atoms with E-state index in [4.69, 9.17) is 5.73 Å². The number of rotatable bonds is 2. The molecular formula is C11H15F3N4O2S. The Morgan fingerprint density at radius 1 is 1.43 bits per heavy atom. The van der Waals surface area contributed by atoms with Crippen LogP contribution in [0.5, 0.6) is 0 Å². The van der Waals surface area contributed by atoms with E-state index in [9.17, 15) is 21.6 Å². The highest BCUT2D eigenvalue weighted by Gasteiger charge is 2.53. The van der Waals surface area contributed by atoms with Gasteiger partial charge in [0.15, 0.2) is 5.69 Å². The second-order valence-corrected chi connectivity index (χ2v) is 7.63. The number of hydrogen-bond acceptors (Lipinski definition) is 4. The van der Waals surface area contributed by atoms with E-state index in [1.807, 2.05) is 0 Å². The van der Waals surface area contributed by atoms with E-state index in [-0.39, 0.29) is 24.5 Å². The molecule has 3 N–H and O–H groups in total. The van der Waals surface area contributed by atoms with Gasteiger partial charge < -0.3 is 5.73 Å². The van der Waals surface area contributed by atoms with Gasteiger partial charge in [-0.1, -0.05) is 6.42 Å². The maximum atomic E-state index is 12.8. The predicted octanol–water partition coefficient (Wildman–Crippen LogP) is 0.930. The van der Waals surface area contributed by atoms with Crippen LogP contribution in [-0.4, -0.2) is 42.1 Å². The van der Waals surface area contributed by atoms with Gasteiger partial charge in [-0.3, -0.25) is 5.10 Å². The van der Waals surface area contributed by atoms with Crippen molar-refractivity contribution in [3.8, 4) is 0 Å². The second-order valence-electron chi connectivity index (χ2n) is 5.73. The average molecular weight is 324 g/mol. The first kappa shape index (κ1) is 14.8. The van der Waals surface area contributed by atoms with Crippen LogP contribution in [0, 0.1) is 5.41 Å². The van der Waals surface area contributed by atoms with Gasteiger partial charge in [0.05, 0.1) is 6.20 Å². The number of nitrogens with zero attached hydrogens (tertiary/aromatic N) is 2. The highest BCUT2D eigenvalue weighted by Crippen LogP contribution is 2.48. The molecule has 21 heavy (non-hydrogen) atoms. The fourth-order valence-corrected chi connectivity index (χ4v) is 4.77. The molecule has 1 saturated carbocycles. The Morgan fingerprint density at radius 3 is 2.57 bits per heavy atom. The third-order valence-electron chi connectivity index (χ3n) is 4.53. The van der Waals surface area contributed by atoms with Crippen LogP contribution in [0.25, 0.3) is 0 Å². The van der Waals surface area contributed by atoms with Crippen LogP contribution in [-0.2, 0) is 16.2 Å². The van der Waals surface area contributed by atoms with E-state index in [0.717, 1.165) is 23.6 Å². The van der Waals surface area contributed by atoms with Gasteiger partial charge in [-0.15, -0.1) is 0 Å². The molecule has 1 aliphatic carbocycles. The number of aromatic nitrogens is 2. The lowest BCUT2D eigenvalue weighted by molar-refractivity contribution is -0.143. The summed E-state index contributed by atoms with van der Waals surface area (Å²) in [6.07, 6.45) is -1.49. The Kier molecular flexibility index (Phi) is 3.12. The van der Waals surface area contributed by atoms with E-state index in [1.54, 1.807) is 5.10 Å². The molecular weight excluding hydrogens is 309 g/mol. The zero-order valence-electron chi connectivity index (χ0n) is 11.0. The highest BCUT2D eigenvalue weighted by atomic mass is 32.2. The normalized spacial score (nSPS) is 26.2. The average Bonchev–Trinajstić information content (AvgIpc) is 2.90. The monoisotopic (exact) mass is 324 g/mol. The molecule has 6 nitrogen and oxygen atoms in total. The van der Waals surface area contributed by atoms with Crippen LogP contribution in [0.15, 0.2) is 11.1 Å². The van der Waals surface area contributed by atoms with E-state index >= 15 is 0 Å². The smallest absolute Gasteiger partial charge is 0.326 e. The van der Waals surface area contributed by atoms with Gasteiger partial charge in [0.2, 0.25) is 10.0 Å². The van der Waals surface area contributed by atoms with Crippen molar-refractivity contribution in [2.24, 2.45) is 11.1 Å². The van der Waals surface area contributed by atoms with Crippen molar-refractivity contribution < 1.29 is 21.6 Å². The van der Waals surface area contributed by atoms with E-state index in [1.165, 1.54) is 0 Å². The SMILES string of the molecule is NC1CN(S(=O)(=O)c2cn[nH]c2C(F)(F)F)CC12CCC2. The molecule has 1 aromatic heterocycles. The summed E-state index contributed by atoms with van der Waals surface area (Å²) in [5.41, 5.74) is 4.38. The molecule has 2 aliphatic rings. The Bertz CT molecular complexity index is 651. The number of sulfonamides is 1. The van der Waals surface area contributed by atoms with E-state index in [2.05, 4.69) is 5.10 Å². The Morgan fingerprint density at radius 2 is 2.10 bits per heavy atom. The van der Waals surface area contributed by atoms with Crippen LogP contribution in [0.4, 0.5) is 13.2 Å². The van der Waals surface area contributed by atoms with Gasteiger partial charge >= 0.3 is 6.18 Å². The first-order valence-electron chi connectivity index (χ1n) is 6.53. The van der Waals surface area contributed by atoms with Crippen molar-refractivity contribution >= 4 is 10.0 Å². The van der Waals surface area contributed by atoms with Crippen molar-refractivity contribution in [2.45, 2.75) is 36.4 Å². The topological polar surface area (TPSA) is 92.1 Å². The molecule has 1 atom stereocenters. The lowest BCUT2D eigenvalue weighted by Crippen LogP contribution is -2.45. The predicted molar refractivity (Wildman–Crippen MR) is 66.6 cm³/mol. The van der Waals surface area contributed by atoms with Crippen LogP contribution >= 0.6 is 0 Å². The van der Waals surface area contributed by atoms with Gasteiger partial charge in [-0.25, -0.2) is 8.42 Å². The first-order valence-corrected chi connectivity index (χ1v) is 7.97. The minimum absolute atomic E-state index is 0.0464. The lowest BCUT2D eigenvalue weighted by Gasteiger charge is -2.41. The highest BCUT2D eigenvalue weighted by molar-refractivity contribution is 7.89. The molecule has 10 heteroatoms. The summed E-state index contributed by atoms with van der Waals surface area (Å²) in [5.74, 6) is 0. The summed E-state index contributed by atoms with van der Waals surface area (Å²) in [6, 6.07) is -0.331. The number of halogens is 3. The number of aromatic amines is 1. The number of hydrogen-bond donors (Lipinski definition) is 2. The van der Waals surface area contributed by atoms with E-state index in [0.29, 0.717) is 6.20 Å². The van der Waals surface area contributed by atoms with Gasteiger partial charge in [0.1, 0.15) is 4.90 Å². The van der Waals surface area contributed by atoms with Crippen LogP contribution in [0.2, 0.25) is 0 Å². The third kappa shape index (κ3) is 2.16. The summed E-state index contributed by atoms with van der Waals surface area (Å²) in [6.45, 7) is 0.226. The zero-order chi connectivity index (χ0) is 15.5. The molecule has 2 heterocycles. The van der Waals surface area contributed by atoms with Crippen LogP contribution < -0.4 is 5.73 Å². The summed E-state index contributed by atoms with van der Waals surface area (Å²) in [5, 5.41) is 4.96.